The normalized spacial score (nSPS) is 14.5. The van der Waals surface area contributed by atoms with Crippen LogP contribution < -0.4 is 15.5 Å². The highest BCUT2D eigenvalue weighted by Crippen LogP contribution is 2.26. The first-order valence-electron chi connectivity index (χ1n) is 7.91. The van der Waals surface area contributed by atoms with Crippen molar-refractivity contribution >= 4 is 28.9 Å². The first kappa shape index (κ1) is 16.3. The first-order valence-corrected chi connectivity index (χ1v) is 7.91. The van der Waals surface area contributed by atoms with E-state index >= 15 is 0 Å². The van der Waals surface area contributed by atoms with E-state index in [1.54, 1.807) is 18.9 Å². The van der Waals surface area contributed by atoms with Crippen molar-refractivity contribution in [1.82, 2.24) is 20.2 Å². The van der Waals surface area contributed by atoms with E-state index in [0.29, 0.717) is 32.2 Å². The summed E-state index contributed by atoms with van der Waals surface area (Å²) in [6.45, 7) is 3.73. The number of hydrogen-bond acceptors (Lipinski definition) is 4. The molecule has 2 N–H and O–H groups in total. The van der Waals surface area contributed by atoms with Crippen LogP contribution >= 0.6 is 0 Å². The predicted octanol–water partition coefficient (Wildman–Crippen LogP) is 0.717. The monoisotopic (exact) mass is 331 g/mol. The van der Waals surface area contributed by atoms with E-state index in [9.17, 15) is 9.59 Å². The Kier molecular flexibility index (Phi) is 4.66. The van der Waals surface area contributed by atoms with Gasteiger partial charge in [-0.05, 0) is 19.1 Å². The molecule has 0 saturated carbocycles. The van der Waals surface area contributed by atoms with Gasteiger partial charge in [-0.1, -0.05) is 12.1 Å². The Hall–Kier alpha value is -2.61. The Morgan fingerprint density at radius 3 is 2.92 bits per heavy atom. The lowest BCUT2D eigenvalue weighted by Crippen LogP contribution is -2.50. The van der Waals surface area contributed by atoms with Gasteiger partial charge in [-0.25, -0.2) is 9.78 Å². The number of aromatic nitrogens is 2. The highest BCUT2D eigenvalue weighted by molar-refractivity contribution is 5.96. The smallest absolute Gasteiger partial charge is 0.324 e. The zero-order valence-corrected chi connectivity index (χ0v) is 13.8. The maximum Gasteiger partial charge on any atom is 0.324 e. The second-order valence-corrected chi connectivity index (χ2v) is 5.66. The number of benzene rings is 1. The lowest BCUT2D eigenvalue weighted by atomic mass is 10.3. The summed E-state index contributed by atoms with van der Waals surface area (Å²) in [6.07, 6.45) is 0. The fourth-order valence-electron chi connectivity index (χ4n) is 2.74. The highest BCUT2D eigenvalue weighted by atomic mass is 16.5. The molecule has 8 nitrogen and oxygen atoms in total. The minimum absolute atomic E-state index is 0.243. The number of nitrogens with zero attached hydrogens (tertiary/aromatic N) is 3. The average Bonchev–Trinajstić information content (AvgIpc) is 3.13. The molecule has 1 unspecified atom stereocenters. The average molecular weight is 331 g/mol. The molecule has 0 radical (unpaired) electrons. The summed E-state index contributed by atoms with van der Waals surface area (Å²) in [5.41, 5.74) is 1.86. The Balaban J connectivity index is 1.66. The molecule has 0 spiro atoms. The summed E-state index contributed by atoms with van der Waals surface area (Å²) in [5.74, 6) is 0.369. The van der Waals surface area contributed by atoms with Gasteiger partial charge in [0.15, 0.2) is 0 Å². The van der Waals surface area contributed by atoms with Crippen molar-refractivity contribution in [3.63, 3.8) is 0 Å². The molecule has 1 aromatic heterocycles. The van der Waals surface area contributed by atoms with Crippen LogP contribution in [0.2, 0.25) is 0 Å². The SMILES string of the molecule is COCCNC(=O)C(C)NC(=O)N1CCn2c1nc1ccccc12. The molecular formula is C16H21N5O3. The van der Waals surface area contributed by atoms with Crippen LogP contribution in [0, 0.1) is 0 Å². The molecule has 24 heavy (non-hydrogen) atoms. The van der Waals surface area contributed by atoms with Gasteiger partial charge in [-0.2, -0.15) is 0 Å². The molecule has 1 atom stereocenters. The number of ether oxygens (including phenoxy) is 1. The van der Waals surface area contributed by atoms with Crippen LogP contribution in [0.15, 0.2) is 24.3 Å². The molecular weight excluding hydrogens is 310 g/mol. The van der Waals surface area contributed by atoms with Crippen LogP contribution in [-0.4, -0.2) is 54.3 Å². The van der Waals surface area contributed by atoms with Gasteiger partial charge in [0.25, 0.3) is 0 Å². The van der Waals surface area contributed by atoms with Crippen molar-refractivity contribution in [3.8, 4) is 0 Å². The summed E-state index contributed by atoms with van der Waals surface area (Å²) >= 11 is 0. The predicted molar refractivity (Wildman–Crippen MR) is 90.0 cm³/mol. The summed E-state index contributed by atoms with van der Waals surface area (Å²) in [6, 6.07) is 6.82. The van der Waals surface area contributed by atoms with Gasteiger partial charge in [0.05, 0.1) is 17.6 Å². The summed E-state index contributed by atoms with van der Waals surface area (Å²) < 4.78 is 6.89. The molecule has 1 aliphatic heterocycles. The lowest BCUT2D eigenvalue weighted by molar-refractivity contribution is -0.122. The number of amides is 3. The van der Waals surface area contributed by atoms with E-state index in [2.05, 4.69) is 15.6 Å². The Morgan fingerprint density at radius 2 is 2.12 bits per heavy atom. The third kappa shape index (κ3) is 3.05. The number of fused-ring (bicyclic) bond motifs is 3. The number of urea groups is 1. The van der Waals surface area contributed by atoms with Crippen LogP contribution in [0.4, 0.5) is 10.7 Å². The Bertz CT molecular complexity index is 757. The Labute approximate surface area is 139 Å². The van der Waals surface area contributed by atoms with Gasteiger partial charge >= 0.3 is 6.03 Å². The van der Waals surface area contributed by atoms with Gasteiger partial charge in [-0.3, -0.25) is 9.69 Å². The molecule has 3 rings (SSSR count). The largest absolute Gasteiger partial charge is 0.383 e. The van der Waals surface area contributed by atoms with E-state index in [1.165, 1.54) is 0 Å². The van der Waals surface area contributed by atoms with E-state index in [1.807, 2.05) is 28.8 Å². The van der Waals surface area contributed by atoms with E-state index in [0.717, 1.165) is 11.0 Å². The molecule has 3 amide bonds. The van der Waals surface area contributed by atoms with Gasteiger partial charge in [-0.15, -0.1) is 0 Å². The molecule has 0 bridgehead atoms. The number of imidazole rings is 1. The molecule has 0 aliphatic carbocycles. The third-order valence-electron chi connectivity index (χ3n) is 4.01. The zero-order valence-electron chi connectivity index (χ0n) is 13.8. The number of anilines is 1. The molecule has 1 aromatic carbocycles. The number of carbonyl (C=O) groups excluding carboxylic acids is 2. The van der Waals surface area contributed by atoms with Gasteiger partial charge in [0.2, 0.25) is 11.9 Å². The Morgan fingerprint density at radius 1 is 1.33 bits per heavy atom. The third-order valence-corrected chi connectivity index (χ3v) is 4.01. The number of para-hydroxylation sites is 2. The van der Waals surface area contributed by atoms with Crippen molar-refractivity contribution in [3.05, 3.63) is 24.3 Å². The van der Waals surface area contributed by atoms with E-state index < -0.39 is 6.04 Å². The van der Waals surface area contributed by atoms with Crippen molar-refractivity contribution in [2.45, 2.75) is 19.5 Å². The summed E-state index contributed by atoms with van der Waals surface area (Å²) in [7, 11) is 1.57. The van der Waals surface area contributed by atoms with E-state index in [4.69, 9.17) is 4.74 Å². The zero-order chi connectivity index (χ0) is 17.1. The quantitative estimate of drug-likeness (QED) is 0.790. The molecule has 1 aliphatic rings. The summed E-state index contributed by atoms with van der Waals surface area (Å²) in [5, 5.41) is 5.42. The van der Waals surface area contributed by atoms with Gasteiger partial charge in [0.1, 0.15) is 6.04 Å². The summed E-state index contributed by atoms with van der Waals surface area (Å²) in [4.78, 5) is 30.5. The lowest BCUT2D eigenvalue weighted by Gasteiger charge is -2.19. The fourth-order valence-corrected chi connectivity index (χ4v) is 2.74. The van der Waals surface area contributed by atoms with Crippen LogP contribution in [0.25, 0.3) is 11.0 Å². The second kappa shape index (κ2) is 6.88. The number of hydrogen-bond donors (Lipinski definition) is 2. The fraction of sp³-hybridized carbons (Fsp3) is 0.438. The standard InChI is InChI=1S/C16H21N5O3/c1-11(14(22)17-7-10-24-2)18-16(23)21-9-8-20-13-6-4-3-5-12(13)19-15(20)21/h3-6,11H,7-10H2,1-2H3,(H,17,22)(H,18,23). The second-order valence-electron chi connectivity index (χ2n) is 5.66. The van der Waals surface area contributed by atoms with Crippen molar-refractivity contribution in [2.24, 2.45) is 0 Å². The minimum Gasteiger partial charge on any atom is -0.383 e. The first-order chi connectivity index (χ1) is 11.6. The van der Waals surface area contributed by atoms with Crippen LogP contribution in [-0.2, 0) is 16.1 Å². The van der Waals surface area contributed by atoms with Crippen molar-refractivity contribution < 1.29 is 14.3 Å². The molecule has 0 fully saturated rings. The van der Waals surface area contributed by atoms with Crippen molar-refractivity contribution in [1.29, 1.82) is 0 Å². The number of rotatable bonds is 5. The maximum absolute atomic E-state index is 12.5. The van der Waals surface area contributed by atoms with Gasteiger partial charge < -0.3 is 19.9 Å². The molecule has 0 saturated heterocycles. The highest BCUT2D eigenvalue weighted by Gasteiger charge is 2.29. The van der Waals surface area contributed by atoms with Crippen LogP contribution in [0.1, 0.15) is 6.92 Å². The number of carbonyl (C=O) groups is 2. The maximum atomic E-state index is 12.5. The molecule has 2 heterocycles. The van der Waals surface area contributed by atoms with Crippen LogP contribution in [0.3, 0.4) is 0 Å². The minimum atomic E-state index is -0.632. The number of methoxy groups -OCH3 is 1. The van der Waals surface area contributed by atoms with Gasteiger partial charge in [0, 0.05) is 26.7 Å². The number of nitrogens with one attached hydrogen (secondary N) is 2. The topological polar surface area (TPSA) is 88.5 Å². The molecule has 8 heteroatoms. The van der Waals surface area contributed by atoms with Crippen molar-refractivity contribution in [2.75, 3.05) is 31.7 Å². The van der Waals surface area contributed by atoms with Crippen LogP contribution in [0.5, 0.6) is 0 Å². The van der Waals surface area contributed by atoms with E-state index in [-0.39, 0.29) is 11.9 Å². The molecule has 2 aromatic rings. The molecule has 128 valence electrons.